The van der Waals surface area contributed by atoms with Crippen molar-refractivity contribution in [3.63, 3.8) is 0 Å². The minimum absolute atomic E-state index is 0.0968. The Morgan fingerprint density at radius 1 is 0.897 bits per heavy atom. The molecule has 1 fully saturated rings. The first-order valence-corrected chi connectivity index (χ1v) is 9.87. The Morgan fingerprint density at radius 2 is 1.52 bits per heavy atom. The first-order chi connectivity index (χ1) is 14.2. The van der Waals surface area contributed by atoms with E-state index in [1.54, 1.807) is 11.9 Å². The number of benzene rings is 2. The van der Waals surface area contributed by atoms with E-state index in [4.69, 9.17) is 0 Å². The highest BCUT2D eigenvalue weighted by Gasteiger charge is 2.20. The van der Waals surface area contributed by atoms with Gasteiger partial charge in [-0.2, -0.15) is 0 Å². The second-order valence-electron chi connectivity index (χ2n) is 7.22. The fourth-order valence-electron chi connectivity index (χ4n) is 3.59. The maximum atomic E-state index is 12.8. The van der Waals surface area contributed by atoms with Crippen LogP contribution in [0, 0.1) is 0 Å². The fourth-order valence-corrected chi connectivity index (χ4v) is 3.59. The quantitative estimate of drug-likeness (QED) is 0.673. The Kier molecular flexibility index (Phi) is 5.70. The van der Waals surface area contributed by atoms with Gasteiger partial charge in [-0.1, -0.05) is 48.5 Å². The lowest BCUT2D eigenvalue weighted by Gasteiger charge is -2.36. The second kappa shape index (κ2) is 8.73. The molecule has 1 amide bonds. The van der Waals surface area contributed by atoms with Crippen molar-refractivity contribution >= 4 is 17.4 Å². The Morgan fingerprint density at radius 3 is 2.21 bits per heavy atom. The van der Waals surface area contributed by atoms with Crippen molar-refractivity contribution < 1.29 is 4.79 Å². The first kappa shape index (κ1) is 18.9. The largest absolute Gasteiger partial charge is 0.368 e. The highest BCUT2D eigenvalue weighted by Crippen LogP contribution is 2.19. The van der Waals surface area contributed by atoms with Crippen LogP contribution in [-0.2, 0) is 6.54 Å². The van der Waals surface area contributed by atoms with E-state index in [2.05, 4.69) is 44.0 Å². The molecule has 0 N–H and O–H groups in total. The molecule has 0 saturated carbocycles. The maximum absolute atomic E-state index is 12.8. The van der Waals surface area contributed by atoms with Gasteiger partial charge < -0.3 is 14.7 Å². The zero-order valence-corrected chi connectivity index (χ0v) is 16.6. The second-order valence-corrected chi connectivity index (χ2v) is 7.22. The van der Waals surface area contributed by atoms with Gasteiger partial charge in [-0.15, -0.1) is 0 Å². The van der Waals surface area contributed by atoms with Gasteiger partial charge in [0.25, 0.3) is 5.91 Å². The van der Waals surface area contributed by atoms with E-state index in [1.807, 2.05) is 42.5 Å². The molecule has 1 aromatic heterocycles. The Hall–Kier alpha value is -3.41. The van der Waals surface area contributed by atoms with Gasteiger partial charge in [-0.25, -0.2) is 9.97 Å². The van der Waals surface area contributed by atoms with E-state index >= 15 is 0 Å². The van der Waals surface area contributed by atoms with Crippen molar-refractivity contribution in [1.82, 2.24) is 14.9 Å². The number of aromatic nitrogens is 2. The summed E-state index contributed by atoms with van der Waals surface area (Å²) < 4.78 is 0. The maximum Gasteiger partial charge on any atom is 0.272 e. The van der Waals surface area contributed by atoms with Gasteiger partial charge in [0.05, 0.1) is 0 Å². The Balaban J connectivity index is 1.40. The molecule has 6 nitrogen and oxygen atoms in total. The van der Waals surface area contributed by atoms with Crippen LogP contribution in [0.1, 0.15) is 16.1 Å². The molecule has 1 saturated heterocycles. The van der Waals surface area contributed by atoms with Crippen LogP contribution in [0.3, 0.4) is 0 Å². The third kappa shape index (κ3) is 4.54. The van der Waals surface area contributed by atoms with Crippen molar-refractivity contribution in [3.05, 3.63) is 84.3 Å². The first-order valence-electron chi connectivity index (χ1n) is 9.87. The zero-order chi connectivity index (χ0) is 20.1. The van der Waals surface area contributed by atoms with Crippen molar-refractivity contribution in [2.45, 2.75) is 6.54 Å². The normalized spacial score (nSPS) is 14.0. The van der Waals surface area contributed by atoms with Crippen LogP contribution in [0.4, 0.5) is 11.5 Å². The SMILES string of the molecule is CN(Cc1ccccc1)C(=O)c1cc(N2CCN(c3ccccc3)CC2)ncn1. The van der Waals surface area contributed by atoms with Gasteiger partial charge in [0.2, 0.25) is 0 Å². The number of amides is 1. The highest BCUT2D eigenvalue weighted by atomic mass is 16.2. The average molecular weight is 387 g/mol. The Bertz CT molecular complexity index is 940. The van der Waals surface area contributed by atoms with Crippen LogP contribution in [0.25, 0.3) is 0 Å². The van der Waals surface area contributed by atoms with Crippen molar-refractivity contribution in [3.8, 4) is 0 Å². The number of anilines is 2. The molecule has 1 aliphatic heterocycles. The summed E-state index contributed by atoms with van der Waals surface area (Å²) in [5, 5.41) is 0. The summed E-state index contributed by atoms with van der Waals surface area (Å²) in [7, 11) is 1.80. The molecule has 3 aromatic rings. The van der Waals surface area contributed by atoms with E-state index in [9.17, 15) is 4.79 Å². The smallest absolute Gasteiger partial charge is 0.272 e. The van der Waals surface area contributed by atoms with Crippen LogP contribution in [0.2, 0.25) is 0 Å². The summed E-state index contributed by atoms with van der Waals surface area (Å²) in [6.45, 7) is 4.12. The number of hydrogen-bond donors (Lipinski definition) is 0. The number of piperazine rings is 1. The average Bonchev–Trinajstić information content (AvgIpc) is 2.80. The molecule has 0 spiro atoms. The van der Waals surface area contributed by atoms with E-state index in [-0.39, 0.29) is 5.91 Å². The minimum atomic E-state index is -0.0968. The van der Waals surface area contributed by atoms with Crippen LogP contribution >= 0.6 is 0 Å². The predicted octanol–water partition coefficient (Wildman–Crippen LogP) is 3.08. The van der Waals surface area contributed by atoms with Crippen LogP contribution in [0.15, 0.2) is 73.1 Å². The van der Waals surface area contributed by atoms with E-state index in [0.717, 1.165) is 37.6 Å². The van der Waals surface area contributed by atoms with Crippen molar-refractivity contribution in [1.29, 1.82) is 0 Å². The lowest BCUT2D eigenvalue weighted by atomic mass is 10.2. The number of nitrogens with zero attached hydrogens (tertiary/aromatic N) is 5. The predicted molar refractivity (Wildman–Crippen MR) is 115 cm³/mol. The van der Waals surface area contributed by atoms with Crippen molar-refractivity contribution in [2.24, 2.45) is 0 Å². The topological polar surface area (TPSA) is 52.6 Å². The van der Waals surface area contributed by atoms with Crippen LogP contribution < -0.4 is 9.80 Å². The summed E-state index contributed by atoms with van der Waals surface area (Å²) in [5.74, 6) is 0.713. The van der Waals surface area contributed by atoms with E-state index < -0.39 is 0 Å². The zero-order valence-electron chi connectivity index (χ0n) is 16.6. The summed E-state index contributed by atoms with van der Waals surface area (Å²) in [6.07, 6.45) is 1.49. The molecule has 2 heterocycles. The molecule has 148 valence electrons. The van der Waals surface area contributed by atoms with Gasteiger partial charge in [-0.05, 0) is 17.7 Å². The molecule has 4 rings (SSSR count). The number of carbonyl (C=O) groups is 1. The van der Waals surface area contributed by atoms with Gasteiger partial charge in [0, 0.05) is 51.5 Å². The molecular weight excluding hydrogens is 362 g/mol. The number of para-hydroxylation sites is 1. The van der Waals surface area contributed by atoms with E-state index in [0.29, 0.717) is 12.2 Å². The molecule has 1 aliphatic rings. The van der Waals surface area contributed by atoms with Gasteiger partial charge in [0.1, 0.15) is 17.8 Å². The standard InChI is InChI=1S/C23H25N5O/c1-26(17-19-8-4-2-5-9-19)23(29)21-16-22(25-18-24-21)28-14-12-27(13-15-28)20-10-6-3-7-11-20/h2-11,16,18H,12-15,17H2,1H3. The molecule has 0 atom stereocenters. The minimum Gasteiger partial charge on any atom is -0.368 e. The van der Waals surface area contributed by atoms with Crippen molar-refractivity contribution in [2.75, 3.05) is 43.0 Å². The summed E-state index contributed by atoms with van der Waals surface area (Å²) in [5.41, 5.74) is 2.77. The molecule has 6 heteroatoms. The number of hydrogen-bond acceptors (Lipinski definition) is 5. The number of carbonyl (C=O) groups excluding carboxylic acids is 1. The summed E-state index contributed by atoms with van der Waals surface area (Å²) in [4.78, 5) is 27.7. The molecular formula is C23H25N5O. The monoisotopic (exact) mass is 387 g/mol. The summed E-state index contributed by atoms with van der Waals surface area (Å²) in [6, 6.07) is 22.2. The molecule has 2 aromatic carbocycles. The third-order valence-corrected chi connectivity index (χ3v) is 5.21. The van der Waals surface area contributed by atoms with Gasteiger partial charge in [-0.3, -0.25) is 4.79 Å². The highest BCUT2D eigenvalue weighted by molar-refractivity contribution is 5.92. The van der Waals surface area contributed by atoms with Crippen LogP contribution in [-0.4, -0.2) is 54.0 Å². The third-order valence-electron chi connectivity index (χ3n) is 5.21. The molecule has 0 bridgehead atoms. The number of rotatable bonds is 5. The van der Waals surface area contributed by atoms with Gasteiger partial charge in [0.15, 0.2) is 0 Å². The molecule has 29 heavy (non-hydrogen) atoms. The molecule has 0 radical (unpaired) electrons. The summed E-state index contributed by atoms with van der Waals surface area (Å²) >= 11 is 0. The van der Waals surface area contributed by atoms with Crippen LogP contribution in [0.5, 0.6) is 0 Å². The van der Waals surface area contributed by atoms with Gasteiger partial charge >= 0.3 is 0 Å². The fraction of sp³-hybridized carbons (Fsp3) is 0.261. The molecule has 0 unspecified atom stereocenters. The lowest BCUT2D eigenvalue weighted by molar-refractivity contribution is 0.0779. The van der Waals surface area contributed by atoms with E-state index in [1.165, 1.54) is 12.0 Å². The Labute approximate surface area is 171 Å². The molecule has 0 aliphatic carbocycles. The lowest BCUT2D eigenvalue weighted by Crippen LogP contribution is -2.47.